The molecule has 0 saturated heterocycles. The fourth-order valence-corrected chi connectivity index (χ4v) is 3.05. The second kappa shape index (κ2) is 7.57. The molecule has 7 heteroatoms. The van der Waals surface area contributed by atoms with Crippen LogP contribution in [0.2, 0.25) is 0 Å². The van der Waals surface area contributed by atoms with Crippen LogP contribution in [0.5, 0.6) is 0 Å². The molecule has 1 aliphatic rings. The van der Waals surface area contributed by atoms with E-state index < -0.39 is 11.4 Å². The Hall–Kier alpha value is -2.54. The van der Waals surface area contributed by atoms with Gasteiger partial charge in [0.25, 0.3) is 11.5 Å². The van der Waals surface area contributed by atoms with E-state index >= 15 is 0 Å². The van der Waals surface area contributed by atoms with Gasteiger partial charge in [0, 0.05) is 18.7 Å². The number of carbonyl (C=O) groups is 1. The van der Waals surface area contributed by atoms with Gasteiger partial charge in [-0.2, -0.15) is 9.78 Å². The van der Waals surface area contributed by atoms with Gasteiger partial charge in [0.2, 0.25) is 0 Å². The highest BCUT2D eigenvalue weighted by Crippen LogP contribution is 2.23. The van der Waals surface area contributed by atoms with Crippen LogP contribution in [0.1, 0.15) is 36.2 Å². The number of halogens is 1. The number of amides is 1. The van der Waals surface area contributed by atoms with Crippen LogP contribution in [0.4, 0.5) is 4.39 Å². The molecule has 1 aliphatic carbocycles. The van der Waals surface area contributed by atoms with Gasteiger partial charge >= 0.3 is 0 Å². The van der Waals surface area contributed by atoms with Crippen molar-refractivity contribution >= 4 is 5.91 Å². The van der Waals surface area contributed by atoms with E-state index in [-0.39, 0.29) is 24.2 Å². The smallest absolute Gasteiger partial charge is 0.271 e. The standard InChI is InChI=1S/C18H20FN3O3/c19-13-3-7-15(8-4-13)22-17(24)10-9-16(21-22)18(25)20-14-5-1-12(11-23)2-6-14/h3-4,7-10,12,14,23H,1-2,5-6,11H2,(H,20,25). The molecule has 132 valence electrons. The quantitative estimate of drug-likeness (QED) is 0.882. The van der Waals surface area contributed by atoms with Crippen molar-refractivity contribution in [1.82, 2.24) is 15.1 Å². The molecule has 3 rings (SSSR count). The van der Waals surface area contributed by atoms with Gasteiger partial charge in [0.15, 0.2) is 0 Å². The van der Waals surface area contributed by atoms with E-state index in [9.17, 15) is 14.0 Å². The summed E-state index contributed by atoms with van der Waals surface area (Å²) < 4.78 is 14.1. The maximum atomic E-state index is 13.0. The lowest BCUT2D eigenvalue weighted by Gasteiger charge is -2.27. The number of aromatic nitrogens is 2. The monoisotopic (exact) mass is 345 g/mol. The third-order valence-electron chi connectivity index (χ3n) is 4.54. The van der Waals surface area contributed by atoms with Crippen molar-refractivity contribution in [2.75, 3.05) is 6.61 Å². The van der Waals surface area contributed by atoms with Crippen molar-refractivity contribution in [2.24, 2.45) is 5.92 Å². The Labute approximate surface area is 144 Å². The summed E-state index contributed by atoms with van der Waals surface area (Å²) in [5.74, 6) is -0.445. The molecule has 0 atom stereocenters. The number of aliphatic hydroxyl groups excluding tert-OH is 1. The summed E-state index contributed by atoms with van der Waals surface area (Å²) in [6.45, 7) is 0.185. The van der Waals surface area contributed by atoms with Crippen LogP contribution < -0.4 is 10.9 Å². The van der Waals surface area contributed by atoms with Crippen molar-refractivity contribution in [3.05, 3.63) is 58.3 Å². The van der Waals surface area contributed by atoms with Crippen molar-refractivity contribution in [1.29, 1.82) is 0 Å². The van der Waals surface area contributed by atoms with Crippen LogP contribution in [0.15, 0.2) is 41.2 Å². The first-order valence-electron chi connectivity index (χ1n) is 8.35. The van der Waals surface area contributed by atoms with E-state index in [4.69, 9.17) is 5.11 Å². The fraction of sp³-hybridized carbons (Fsp3) is 0.389. The summed E-state index contributed by atoms with van der Waals surface area (Å²) in [4.78, 5) is 24.4. The molecule has 1 amide bonds. The number of hydrogen-bond acceptors (Lipinski definition) is 4. The third-order valence-corrected chi connectivity index (χ3v) is 4.54. The zero-order valence-electron chi connectivity index (χ0n) is 13.7. The number of hydrogen-bond donors (Lipinski definition) is 2. The molecule has 6 nitrogen and oxygen atoms in total. The van der Waals surface area contributed by atoms with E-state index in [1.54, 1.807) is 0 Å². The molecule has 2 N–H and O–H groups in total. The van der Waals surface area contributed by atoms with Gasteiger partial charge in [-0.25, -0.2) is 4.39 Å². The highest BCUT2D eigenvalue weighted by molar-refractivity contribution is 5.92. The van der Waals surface area contributed by atoms with Gasteiger partial charge in [0.05, 0.1) is 5.69 Å². The van der Waals surface area contributed by atoms with Crippen LogP contribution in [-0.2, 0) is 0 Å². The Morgan fingerprint density at radius 2 is 1.84 bits per heavy atom. The molecule has 0 radical (unpaired) electrons. The first-order valence-corrected chi connectivity index (χ1v) is 8.35. The van der Waals surface area contributed by atoms with E-state index in [2.05, 4.69) is 10.4 Å². The minimum atomic E-state index is -0.413. The summed E-state index contributed by atoms with van der Waals surface area (Å²) in [5.41, 5.74) is 0.129. The molecule has 2 aromatic rings. The molecule has 1 fully saturated rings. The van der Waals surface area contributed by atoms with Gasteiger partial charge < -0.3 is 10.4 Å². The highest BCUT2D eigenvalue weighted by Gasteiger charge is 2.23. The van der Waals surface area contributed by atoms with Gasteiger partial charge in [-0.3, -0.25) is 9.59 Å². The summed E-state index contributed by atoms with van der Waals surface area (Å²) in [6.07, 6.45) is 3.39. The van der Waals surface area contributed by atoms with Crippen LogP contribution in [0.3, 0.4) is 0 Å². The van der Waals surface area contributed by atoms with Crippen LogP contribution in [0, 0.1) is 11.7 Å². The summed E-state index contributed by atoms with van der Waals surface area (Å²) >= 11 is 0. The summed E-state index contributed by atoms with van der Waals surface area (Å²) in [7, 11) is 0. The molecule has 0 aliphatic heterocycles. The Morgan fingerprint density at radius 3 is 2.48 bits per heavy atom. The van der Waals surface area contributed by atoms with Crippen molar-refractivity contribution < 1.29 is 14.3 Å². The number of carbonyl (C=O) groups excluding carboxylic acids is 1. The Morgan fingerprint density at radius 1 is 1.16 bits per heavy atom. The second-order valence-electron chi connectivity index (χ2n) is 6.32. The molecule has 0 unspecified atom stereocenters. The van der Waals surface area contributed by atoms with Crippen molar-refractivity contribution in [3.63, 3.8) is 0 Å². The molecule has 0 spiro atoms. The van der Waals surface area contributed by atoms with Gasteiger partial charge in [-0.15, -0.1) is 0 Å². The zero-order chi connectivity index (χ0) is 17.8. The highest BCUT2D eigenvalue weighted by atomic mass is 19.1. The largest absolute Gasteiger partial charge is 0.396 e. The maximum absolute atomic E-state index is 13.0. The summed E-state index contributed by atoms with van der Waals surface area (Å²) in [5, 5.41) is 16.2. The fourth-order valence-electron chi connectivity index (χ4n) is 3.05. The summed E-state index contributed by atoms with van der Waals surface area (Å²) in [6, 6.07) is 8.03. The Balaban J connectivity index is 1.74. The molecule has 0 bridgehead atoms. The number of rotatable bonds is 4. The first kappa shape index (κ1) is 17.3. The second-order valence-corrected chi connectivity index (χ2v) is 6.32. The first-order chi connectivity index (χ1) is 12.1. The maximum Gasteiger partial charge on any atom is 0.271 e. The molecular formula is C18H20FN3O3. The number of aliphatic hydroxyl groups is 1. The van der Waals surface area contributed by atoms with E-state index in [1.807, 2.05) is 0 Å². The van der Waals surface area contributed by atoms with E-state index in [0.29, 0.717) is 11.6 Å². The SMILES string of the molecule is O=C(NC1CCC(CO)CC1)c1ccc(=O)n(-c2ccc(F)cc2)n1. The predicted molar refractivity (Wildman–Crippen MR) is 90.1 cm³/mol. The predicted octanol–water partition coefficient (Wildman–Crippen LogP) is 1.65. The average Bonchev–Trinajstić information content (AvgIpc) is 2.63. The molecule has 1 saturated carbocycles. The lowest BCUT2D eigenvalue weighted by molar-refractivity contribution is 0.0907. The van der Waals surface area contributed by atoms with Gasteiger partial charge in [-0.05, 0) is 61.9 Å². The average molecular weight is 345 g/mol. The Kier molecular flexibility index (Phi) is 5.23. The number of nitrogens with one attached hydrogen (secondary N) is 1. The van der Waals surface area contributed by atoms with Gasteiger partial charge in [-0.1, -0.05) is 0 Å². The third kappa shape index (κ3) is 4.11. The lowest BCUT2D eigenvalue weighted by atomic mass is 9.86. The molecule has 1 heterocycles. The van der Waals surface area contributed by atoms with Crippen LogP contribution in [0.25, 0.3) is 5.69 Å². The Bertz CT molecular complexity index is 796. The van der Waals surface area contributed by atoms with E-state index in [1.165, 1.54) is 36.4 Å². The minimum Gasteiger partial charge on any atom is -0.396 e. The zero-order valence-corrected chi connectivity index (χ0v) is 13.7. The lowest BCUT2D eigenvalue weighted by Crippen LogP contribution is -2.39. The van der Waals surface area contributed by atoms with Gasteiger partial charge in [0.1, 0.15) is 11.5 Å². The van der Waals surface area contributed by atoms with Crippen LogP contribution >= 0.6 is 0 Å². The molecule has 1 aromatic carbocycles. The molecule has 1 aromatic heterocycles. The van der Waals surface area contributed by atoms with Crippen molar-refractivity contribution in [3.8, 4) is 5.69 Å². The normalized spacial score (nSPS) is 20.2. The van der Waals surface area contributed by atoms with Crippen molar-refractivity contribution in [2.45, 2.75) is 31.7 Å². The number of benzene rings is 1. The molecule has 25 heavy (non-hydrogen) atoms. The minimum absolute atomic E-state index is 0.0447. The topological polar surface area (TPSA) is 84.2 Å². The molecular weight excluding hydrogens is 325 g/mol. The van der Waals surface area contributed by atoms with Crippen LogP contribution in [-0.4, -0.2) is 33.4 Å². The number of nitrogens with zero attached hydrogens (tertiary/aromatic N) is 2. The van der Waals surface area contributed by atoms with E-state index in [0.717, 1.165) is 30.4 Å².